The Kier molecular flexibility index (Phi) is 6.05. The number of non-ortho nitro benzene ring substituents is 1. The van der Waals surface area contributed by atoms with Crippen LogP contribution < -0.4 is 5.32 Å². The Morgan fingerprint density at radius 2 is 1.61 bits per heavy atom. The Morgan fingerprint density at radius 3 is 2.27 bits per heavy atom. The molecule has 0 aliphatic heterocycles. The summed E-state index contributed by atoms with van der Waals surface area (Å²) in [4.78, 5) is 10.0. The number of nitrogens with zero attached hydrogens (tertiary/aromatic N) is 3. The monoisotopic (exact) mass is 482 g/mol. The first-order valence-electron chi connectivity index (χ1n) is 9.45. The van der Waals surface area contributed by atoms with Gasteiger partial charge >= 0.3 is 0 Å². The first-order valence-corrected chi connectivity index (χ1v) is 11.3. The van der Waals surface area contributed by atoms with Gasteiger partial charge in [0.2, 0.25) is 0 Å². The maximum Gasteiger partial charge on any atom is 0.295 e. The molecule has 11 heteroatoms. The van der Waals surface area contributed by atoms with Crippen molar-refractivity contribution in [3.8, 4) is 0 Å². The Labute approximate surface area is 193 Å². The van der Waals surface area contributed by atoms with Gasteiger partial charge in [-0.25, -0.2) is 0 Å². The standard InChI is InChI=1S/C22H15ClN4O5S/c23-17-13-15(27(28)29)9-10-19(17)26-25-18-11-12-20(24-14-5-2-1-3-6-14)22-16(18)7-4-8-21(22)33(30,31)32/h1-13,24H,(H,30,31,32). The number of nitrogens with one attached hydrogen (secondary N) is 1. The fourth-order valence-electron chi connectivity index (χ4n) is 3.24. The van der Waals surface area contributed by atoms with E-state index in [1.165, 1.54) is 24.3 Å². The molecule has 33 heavy (non-hydrogen) atoms. The molecule has 0 aliphatic carbocycles. The number of nitro groups is 1. The van der Waals surface area contributed by atoms with E-state index in [0.29, 0.717) is 16.8 Å². The highest BCUT2D eigenvalue weighted by atomic mass is 35.5. The van der Waals surface area contributed by atoms with Crippen LogP contribution in [-0.2, 0) is 10.1 Å². The van der Waals surface area contributed by atoms with E-state index in [4.69, 9.17) is 11.6 Å². The molecule has 0 unspecified atom stereocenters. The SMILES string of the molecule is O=[N+]([O-])c1ccc(N=Nc2ccc(Nc3ccccc3)c3c(S(=O)(=O)O)cccc23)c(Cl)c1. The van der Waals surface area contributed by atoms with Crippen LogP contribution in [0, 0.1) is 10.1 Å². The van der Waals surface area contributed by atoms with Gasteiger partial charge in [-0.15, -0.1) is 10.2 Å². The Balaban J connectivity index is 1.85. The first-order chi connectivity index (χ1) is 15.7. The maximum absolute atomic E-state index is 12.1. The van der Waals surface area contributed by atoms with Gasteiger partial charge in [0.1, 0.15) is 10.6 Å². The van der Waals surface area contributed by atoms with E-state index in [1.54, 1.807) is 18.2 Å². The molecular formula is C22H15ClN4O5S. The molecule has 166 valence electrons. The Bertz CT molecular complexity index is 1510. The smallest absolute Gasteiger partial charge is 0.295 e. The Morgan fingerprint density at radius 1 is 0.909 bits per heavy atom. The predicted octanol–water partition coefficient (Wildman–Crippen LogP) is 6.81. The van der Waals surface area contributed by atoms with Gasteiger partial charge in [0.05, 0.1) is 15.6 Å². The molecule has 0 saturated carbocycles. The highest BCUT2D eigenvalue weighted by Crippen LogP contribution is 2.39. The van der Waals surface area contributed by atoms with E-state index in [0.717, 1.165) is 11.8 Å². The van der Waals surface area contributed by atoms with Crippen molar-refractivity contribution in [2.75, 3.05) is 5.32 Å². The molecular weight excluding hydrogens is 468 g/mol. The summed E-state index contributed by atoms with van der Waals surface area (Å²) in [5.74, 6) is 0. The van der Waals surface area contributed by atoms with Gasteiger partial charge in [0.15, 0.2) is 0 Å². The molecule has 0 atom stereocenters. The van der Waals surface area contributed by atoms with Crippen LogP contribution in [0.15, 0.2) is 94.0 Å². The second-order valence-corrected chi connectivity index (χ2v) is 8.67. The minimum atomic E-state index is -4.54. The minimum absolute atomic E-state index is 0.0400. The van der Waals surface area contributed by atoms with Crippen molar-refractivity contribution in [2.24, 2.45) is 10.2 Å². The second kappa shape index (κ2) is 8.94. The zero-order valence-corrected chi connectivity index (χ0v) is 18.3. The lowest BCUT2D eigenvalue weighted by Gasteiger charge is -2.13. The summed E-state index contributed by atoms with van der Waals surface area (Å²) in [6.45, 7) is 0. The molecule has 4 aromatic rings. The van der Waals surface area contributed by atoms with E-state index >= 15 is 0 Å². The van der Waals surface area contributed by atoms with Crippen molar-refractivity contribution in [1.29, 1.82) is 0 Å². The molecule has 0 spiro atoms. The number of fused-ring (bicyclic) bond motifs is 1. The average molecular weight is 483 g/mol. The molecule has 9 nitrogen and oxygen atoms in total. The lowest BCUT2D eigenvalue weighted by molar-refractivity contribution is -0.384. The third kappa shape index (κ3) is 4.82. The van der Waals surface area contributed by atoms with Crippen LogP contribution in [0.5, 0.6) is 0 Å². The van der Waals surface area contributed by atoms with Gasteiger partial charge in [-0.05, 0) is 36.4 Å². The molecule has 0 heterocycles. The highest BCUT2D eigenvalue weighted by Gasteiger charge is 2.19. The van der Waals surface area contributed by atoms with Crippen LogP contribution in [0.3, 0.4) is 0 Å². The molecule has 0 aliphatic rings. The molecule has 0 bridgehead atoms. The number of para-hydroxylation sites is 1. The van der Waals surface area contributed by atoms with Crippen LogP contribution in [0.1, 0.15) is 0 Å². The fourth-order valence-corrected chi connectivity index (χ4v) is 4.18. The van der Waals surface area contributed by atoms with Gasteiger partial charge in [0.25, 0.3) is 15.8 Å². The number of hydrogen-bond acceptors (Lipinski definition) is 7. The van der Waals surface area contributed by atoms with Crippen molar-refractivity contribution in [3.63, 3.8) is 0 Å². The van der Waals surface area contributed by atoms with Gasteiger partial charge in [-0.1, -0.05) is 41.9 Å². The number of hydrogen-bond donors (Lipinski definition) is 2. The van der Waals surface area contributed by atoms with Crippen LogP contribution in [0.2, 0.25) is 5.02 Å². The van der Waals surface area contributed by atoms with Crippen molar-refractivity contribution in [1.82, 2.24) is 0 Å². The van der Waals surface area contributed by atoms with Gasteiger partial charge in [-0.2, -0.15) is 8.42 Å². The molecule has 4 rings (SSSR count). The van der Waals surface area contributed by atoms with Crippen molar-refractivity contribution in [2.45, 2.75) is 4.90 Å². The molecule has 0 aromatic heterocycles. The van der Waals surface area contributed by atoms with E-state index in [2.05, 4.69) is 15.5 Å². The summed E-state index contributed by atoms with van der Waals surface area (Å²) in [6.07, 6.45) is 0. The summed E-state index contributed by atoms with van der Waals surface area (Å²) < 4.78 is 34.0. The number of nitro benzene ring substituents is 1. The summed E-state index contributed by atoms with van der Waals surface area (Å²) in [6, 6.07) is 20.6. The number of azo groups is 1. The highest BCUT2D eigenvalue weighted by molar-refractivity contribution is 7.86. The fraction of sp³-hybridized carbons (Fsp3) is 0. The molecule has 4 aromatic carbocycles. The number of halogens is 1. The minimum Gasteiger partial charge on any atom is -0.355 e. The van der Waals surface area contributed by atoms with E-state index in [1.807, 2.05) is 30.3 Å². The first kappa shape index (κ1) is 22.3. The third-order valence-corrected chi connectivity index (χ3v) is 5.92. The van der Waals surface area contributed by atoms with E-state index in [-0.39, 0.29) is 26.7 Å². The van der Waals surface area contributed by atoms with Crippen molar-refractivity contribution >= 4 is 60.9 Å². The van der Waals surface area contributed by atoms with Crippen LogP contribution in [0.4, 0.5) is 28.4 Å². The van der Waals surface area contributed by atoms with E-state index in [9.17, 15) is 23.1 Å². The topological polar surface area (TPSA) is 134 Å². The predicted molar refractivity (Wildman–Crippen MR) is 126 cm³/mol. The third-order valence-electron chi connectivity index (χ3n) is 4.72. The van der Waals surface area contributed by atoms with Gasteiger partial charge < -0.3 is 5.32 Å². The Hall–Kier alpha value is -3.86. The zero-order valence-electron chi connectivity index (χ0n) is 16.7. The molecule has 0 fully saturated rings. The molecule has 0 saturated heterocycles. The largest absolute Gasteiger partial charge is 0.355 e. The summed E-state index contributed by atoms with van der Waals surface area (Å²) in [5, 5.41) is 23.0. The summed E-state index contributed by atoms with van der Waals surface area (Å²) in [7, 11) is -4.54. The van der Waals surface area contributed by atoms with Crippen LogP contribution in [-0.4, -0.2) is 17.9 Å². The number of anilines is 2. The zero-order chi connectivity index (χ0) is 23.6. The lowest BCUT2D eigenvalue weighted by atomic mass is 10.1. The lowest BCUT2D eigenvalue weighted by Crippen LogP contribution is -2.01. The summed E-state index contributed by atoms with van der Waals surface area (Å²) >= 11 is 6.08. The maximum atomic E-state index is 12.1. The van der Waals surface area contributed by atoms with Crippen LogP contribution in [0.25, 0.3) is 10.8 Å². The molecule has 0 radical (unpaired) electrons. The summed E-state index contributed by atoms with van der Waals surface area (Å²) in [5.41, 5.74) is 1.49. The number of benzene rings is 4. The van der Waals surface area contributed by atoms with Gasteiger partial charge in [-0.3, -0.25) is 14.7 Å². The van der Waals surface area contributed by atoms with Crippen molar-refractivity contribution < 1.29 is 17.9 Å². The normalized spacial score (nSPS) is 11.7. The second-order valence-electron chi connectivity index (χ2n) is 6.87. The van der Waals surface area contributed by atoms with Gasteiger partial charge in [0, 0.05) is 34.3 Å². The molecule has 0 amide bonds. The molecule has 2 N–H and O–H groups in total. The number of rotatable bonds is 6. The van der Waals surface area contributed by atoms with E-state index < -0.39 is 15.0 Å². The quantitative estimate of drug-likeness (QED) is 0.134. The van der Waals surface area contributed by atoms with Crippen LogP contribution >= 0.6 is 11.6 Å². The average Bonchev–Trinajstić information content (AvgIpc) is 2.78. The van der Waals surface area contributed by atoms with Crippen molar-refractivity contribution in [3.05, 3.63) is 94.0 Å².